The van der Waals surface area contributed by atoms with E-state index in [0.717, 1.165) is 6.07 Å². The monoisotopic (exact) mass is 449 g/mol. The quantitative estimate of drug-likeness (QED) is 0.485. The average molecular weight is 449 g/mol. The van der Waals surface area contributed by atoms with Gasteiger partial charge in [0.2, 0.25) is 5.75 Å². The van der Waals surface area contributed by atoms with Crippen LogP contribution in [0.15, 0.2) is 35.2 Å². The number of hydrogen-bond donors (Lipinski definition) is 3. The summed E-state index contributed by atoms with van der Waals surface area (Å²) in [6.07, 6.45) is 0. The molecule has 0 bridgehead atoms. The molecule has 2 rings (SSSR count). The van der Waals surface area contributed by atoms with Crippen molar-refractivity contribution in [1.82, 2.24) is 0 Å². The summed E-state index contributed by atoms with van der Waals surface area (Å²) in [4.78, 5) is 17.7. The van der Waals surface area contributed by atoms with Gasteiger partial charge in [-0.25, -0.2) is 13.0 Å². The zero-order valence-electron chi connectivity index (χ0n) is 15.9. The molecule has 0 radical (unpaired) electrons. The fourth-order valence-corrected chi connectivity index (χ4v) is 3.85. The van der Waals surface area contributed by atoms with Gasteiger partial charge in [0.05, 0.1) is 39.0 Å². The summed E-state index contributed by atoms with van der Waals surface area (Å²) >= 11 is 0. The van der Waals surface area contributed by atoms with E-state index >= 15 is 0 Å². The third kappa shape index (κ3) is 5.45. The normalized spacial score (nSPS) is 11.5. The summed E-state index contributed by atoms with van der Waals surface area (Å²) < 4.78 is 63.9. The first-order chi connectivity index (χ1) is 13.5. The van der Waals surface area contributed by atoms with E-state index in [1.807, 2.05) is 0 Å². The van der Waals surface area contributed by atoms with Gasteiger partial charge in [0.1, 0.15) is 0 Å². The highest BCUT2D eigenvalue weighted by molar-refractivity contribution is 7.92. The lowest BCUT2D eigenvalue weighted by Crippen LogP contribution is -2.13. The Balaban J connectivity index is 2.42. The van der Waals surface area contributed by atoms with Gasteiger partial charge in [-0.05, 0) is 12.1 Å². The van der Waals surface area contributed by atoms with Crippen LogP contribution in [0, 0.1) is 0 Å². The van der Waals surface area contributed by atoms with E-state index in [4.69, 9.17) is 28.7 Å². The first-order valence-corrected chi connectivity index (χ1v) is 10.8. The number of hydrogen-bond acceptors (Lipinski definition) is 8. The van der Waals surface area contributed by atoms with Gasteiger partial charge in [-0.1, -0.05) is 0 Å². The third-order valence-corrected chi connectivity index (χ3v) is 5.38. The van der Waals surface area contributed by atoms with E-state index in [0.29, 0.717) is 0 Å². The van der Waals surface area contributed by atoms with Crippen LogP contribution in [0.1, 0.15) is 0 Å². The molecule has 13 heteroatoms. The van der Waals surface area contributed by atoms with Gasteiger partial charge in [0.15, 0.2) is 23.0 Å². The Morgan fingerprint density at radius 2 is 1.38 bits per heavy atom. The zero-order chi connectivity index (χ0) is 21.8. The number of benzene rings is 2. The molecule has 160 valence electrons. The predicted octanol–water partition coefficient (Wildman–Crippen LogP) is 1.99. The van der Waals surface area contributed by atoms with Gasteiger partial charge in [-0.2, -0.15) is 0 Å². The van der Waals surface area contributed by atoms with Crippen molar-refractivity contribution in [3.8, 4) is 28.7 Å². The number of phosphoric acid groups is 1. The van der Waals surface area contributed by atoms with Crippen molar-refractivity contribution >= 4 is 23.5 Å². The number of phosphoric ester groups is 1. The standard InChI is InChI=1S/C16H20NO10PS/c1-23-13-7-10(5-6-12(13)27-28(18,19)20)17-29(21,22)11-8-14(24-2)16(26-4)15(9-11)25-3/h5-9,17H,1-4H3,(H2,18,19,20). The summed E-state index contributed by atoms with van der Waals surface area (Å²) in [5.74, 6) is 0.190. The van der Waals surface area contributed by atoms with Crippen LogP contribution >= 0.6 is 7.82 Å². The lowest BCUT2D eigenvalue weighted by Gasteiger charge is -2.16. The van der Waals surface area contributed by atoms with Crippen molar-refractivity contribution in [2.24, 2.45) is 0 Å². The fraction of sp³-hybridized carbons (Fsp3) is 0.250. The fourth-order valence-electron chi connectivity index (χ4n) is 2.36. The van der Waals surface area contributed by atoms with E-state index < -0.39 is 17.8 Å². The summed E-state index contributed by atoms with van der Waals surface area (Å²) in [6, 6.07) is 6.13. The summed E-state index contributed by atoms with van der Waals surface area (Å²) in [5.41, 5.74) is 0.0636. The van der Waals surface area contributed by atoms with Gasteiger partial charge < -0.3 is 23.5 Å². The van der Waals surface area contributed by atoms with E-state index in [-0.39, 0.29) is 39.3 Å². The van der Waals surface area contributed by atoms with Gasteiger partial charge in [0, 0.05) is 18.2 Å². The highest BCUT2D eigenvalue weighted by atomic mass is 32.2. The minimum atomic E-state index is -4.82. The molecule has 0 aliphatic rings. The maximum atomic E-state index is 12.8. The molecule has 2 aromatic rings. The van der Waals surface area contributed by atoms with Crippen LogP contribution in [-0.4, -0.2) is 46.6 Å². The molecule has 0 fully saturated rings. The van der Waals surface area contributed by atoms with Crippen molar-refractivity contribution in [3.63, 3.8) is 0 Å². The number of ether oxygens (including phenoxy) is 4. The number of nitrogens with one attached hydrogen (secondary N) is 1. The summed E-state index contributed by atoms with van der Waals surface area (Å²) in [7, 11) is -3.58. The second kappa shape index (κ2) is 8.78. The molecule has 0 spiro atoms. The highest BCUT2D eigenvalue weighted by Crippen LogP contribution is 2.43. The molecule has 0 saturated heterocycles. The molecule has 2 aromatic carbocycles. The first kappa shape index (κ1) is 22.6. The topological polar surface area (TPSA) is 150 Å². The van der Waals surface area contributed by atoms with Crippen molar-refractivity contribution in [3.05, 3.63) is 30.3 Å². The molecule has 0 saturated carbocycles. The highest BCUT2D eigenvalue weighted by Gasteiger charge is 2.23. The molecule has 0 heterocycles. The van der Waals surface area contributed by atoms with Crippen molar-refractivity contribution in [2.75, 3.05) is 33.2 Å². The minimum Gasteiger partial charge on any atom is -0.493 e. The molecule has 29 heavy (non-hydrogen) atoms. The smallest absolute Gasteiger partial charge is 0.493 e. The Bertz CT molecular complexity index is 1010. The molecule has 3 N–H and O–H groups in total. The van der Waals surface area contributed by atoms with Gasteiger partial charge in [-0.3, -0.25) is 14.5 Å². The number of rotatable bonds is 9. The van der Waals surface area contributed by atoms with Crippen molar-refractivity contribution in [2.45, 2.75) is 4.90 Å². The SMILES string of the molecule is COc1cc(NS(=O)(=O)c2cc(OC)c(OC)c(OC)c2)ccc1OP(=O)(O)O. The van der Waals surface area contributed by atoms with Crippen LogP contribution in [0.3, 0.4) is 0 Å². The Hall–Kier alpha value is -2.66. The number of anilines is 1. The van der Waals surface area contributed by atoms with E-state index in [1.54, 1.807) is 0 Å². The van der Waals surface area contributed by atoms with Crippen molar-refractivity contribution in [1.29, 1.82) is 0 Å². The van der Waals surface area contributed by atoms with Crippen LogP contribution in [-0.2, 0) is 14.6 Å². The molecular formula is C16H20NO10PS. The molecule has 0 aliphatic heterocycles. The van der Waals surface area contributed by atoms with Crippen molar-refractivity contribution < 1.29 is 46.2 Å². The van der Waals surface area contributed by atoms with Crippen LogP contribution in [0.5, 0.6) is 28.7 Å². The summed E-state index contributed by atoms with van der Waals surface area (Å²) in [6.45, 7) is 0. The molecule has 0 amide bonds. The van der Waals surface area contributed by atoms with E-state index in [1.165, 1.54) is 52.7 Å². The first-order valence-electron chi connectivity index (χ1n) is 7.80. The lowest BCUT2D eigenvalue weighted by atomic mass is 10.3. The molecule has 0 atom stereocenters. The molecule has 0 aromatic heterocycles. The Morgan fingerprint density at radius 1 is 0.828 bits per heavy atom. The third-order valence-electron chi connectivity index (χ3n) is 3.58. The number of sulfonamides is 1. The van der Waals surface area contributed by atoms with Crippen LogP contribution in [0.4, 0.5) is 5.69 Å². The Morgan fingerprint density at radius 3 is 1.83 bits per heavy atom. The largest absolute Gasteiger partial charge is 0.524 e. The number of methoxy groups -OCH3 is 4. The molecule has 0 unspecified atom stereocenters. The summed E-state index contributed by atoms with van der Waals surface area (Å²) in [5, 5.41) is 0. The molecule has 0 aliphatic carbocycles. The van der Waals surface area contributed by atoms with E-state index in [2.05, 4.69) is 9.25 Å². The Kier molecular flexibility index (Phi) is 6.85. The zero-order valence-corrected chi connectivity index (χ0v) is 17.6. The van der Waals surface area contributed by atoms with E-state index in [9.17, 15) is 13.0 Å². The molecular weight excluding hydrogens is 429 g/mol. The van der Waals surface area contributed by atoms with Crippen LogP contribution in [0.25, 0.3) is 0 Å². The van der Waals surface area contributed by atoms with Gasteiger partial charge in [0.25, 0.3) is 10.0 Å². The maximum absolute atomic E-state index is 12.8. The molecule has 11 nitrogen and oxygen atoms in total. The second-order valence-electron chi connectivity index (χ2n) is 5.41. The minimum absolute atomic E-state index is 0.0636. The maximum Gasteiger partial charge on any atom is 0.524 e. The Labute approximate surface area is 167 Å². The lowest BCUT2D eigenvalue weighted by molar-refractivity contribution is 0.276. The van der Waals surface area contributed by atoms with Crippen LogP contribution in [0.2, 0.25) is 0 Å². The van der Waals surface area contributed by atoms with Crippen LogP contribution < -0.4 is 28.2 Å². The average Bonchev–Trinajstić information content (AvgIpc) is 2.66. The van der Waals surface area contributed by atoms with Gasteiger partial charge in [-0.15, -0.1) is 0 Å². The predicted molar refractivity (Wildman–Crippen MR) is 103 cm³/mol. The van der Waals surface area contributed by atoms with Gasteiger partial charge >= 0.3 is 7.82 Å². The second-order valence-corrected chi connectivity index (χ2v) is 8.26.